The molecule has 7 heteroatoms. The van der Waals surface area contributed by atoms with Crippen LogP contribution in [0.1, 0.15) is 25.0 Å². The van der Waals surface area contributed by atoms with Gasteiger partial charge in [-0.1, -0.05) is 0 Å². The molecule has 7 nitrogen and oxygen atoms in total. The second-order valence-corrected chi connectivity index (χ2v) is 7.16. The lowest BCUT2D eigenvalue weighted by Gasteiger charge is -2.13. The summed E-state index contributed by atoms with van der Waals surface area (Å²) in [7, 11) is 4.64. The third kappa shape index (κ3) is 3.67. The number of aryl methyl sites for hydroxylation is 2. The van der Waals surface area contributed by atoms with Crippen LogP contribution >= 0.6 is 0 Å². The normalized spacial score (nSPS) is 11.6. The summed E-state index contributed by atoms with van der Waals surface area (Å²) in [5.41, 5.74) is 4.13. The zero-order chi connectivity index (χ0) is 22.9. The van der Waals surface area contributed by atoms with Gasteiger partial charge in [-0.2, -0.15) is 0 Å². The Morgan fingerprint density at radius 1 is 1.06 bits per heavy atom. The highest BCUT2D eigenvalue weighted by atomic mass is 16.5. The molecule has 0 aliphatic carbocycles. The van der Waals surface area contributed by atoms with Gasteiger partial charge in [-0.05, 0) is 62.2 Å². The average Bonchev–Trinajstić information content (AvgIpc) is 3.07. The van der Waals surface area contributed by atoms with Gasteiger partial charge in [-0.15, -0.1) is 0 Å². The summed E-state index contributed by atoms with van der Waals surface area (Å²) in [6.07, 6.45) is 1.60. The van der Waals surface area contributed by atoms with Gasteiger partial charge in [0.2, 0.25) is 0 Å². The predicted octanol–water partition coefficient (Wildman–Crippen LogP) is 4.86. The highest BCUT2D eigenvalue weighted by molar-refractivity contribution is 6.04. The van der Waals surface area contributed by atoms with Crippen LogP contribution in [0.5, 0.6) is 23.0 Å². The molecule has 1 heterocycles. The molecule has 2 N–H and O–H groups in total. The van der Waals surface area contributed by atoms with Crippen molar-refractivity contribution in [1.82, 2.24) is 4.57 Å². The second-order valence-electron chi connectivity index (χ2n) is 7.16. The first-order chi connectivity index (χ1) is 14.8. The van der Waals surface area contributed by atoms with Crippen LogP contribution in [0.25, 0.3) is 28.2 Å². The molecule has 0 unspecified atom stereocenters. The number of aliphatic carboxylic acids is 1. The van der Waals surface area contributed by atoms with Crippen LogP contribution in [-0.4, -0.2) is 42.1 Å². The number of methoxy groups -OCH3 is 3. The lowest BCUT2D eigenvalue weighted by atomic mass is 10.0. The Labute approximate surface area is 181 Å². The molecular formula is C24H27NO6. The molecule has 0 bridgehead atoms. The number of carboxylic acids is 1. The predicted molar refractivity (Wildman–Crippen MR) is 120 cm³/mol. The smallest absolute Gasteiger partial charge is 0.331 e. The number of carbonyl (C=O) groups is 1. The van der Waals surface area contributed by atoms with Gasteiger partial charge in [0.1, 0.15) is 0 Å². The maximum Gasteiger partial charge on any atom is 0.331 e. The van der Waals surface area contributed by atoms with Crippen molar-refractivity contribution < 1.29 is 29.2 Å². The molecule has 0 atom stereocenters. The van der Waals surface area contributed by atoms with E-state index in [9.17, 15) is 15.0 Å². The summed E-state index contributed by atoms with van der Waals surface area (Å²) in [6.45, 7) is 6.06. The van der Waals surface area contributed by atoms with E-state index in [1.807, 2.05) is 36.6 Å². The molecule has 2 aromatic carbocycles. The number of carboxylic acid groups (broad SMARTS) is 1. The van der Waals surface area contributed by atoms with Gasteiger partial charge in [-0.25, -0.2) is 4.79 Å². The Morgan fingerprint density at radius 3 is 2.26 bits per heavy atom. The first-order valence-corrected chi connectivity index (χ1v) is 9.85. The molecule has 3 aromatic rings. The number of nitrogens with zero attached hydrogens (tertiary/aromatic N) is 1. The lowest BCUT2D eigenvalue weighted by Crippen LogP contribution is -1.99. The Bertz CT molecular complexity index is 1190. The SMILES string of the molecule is CCn1c(-c2ccc(OC)c(OC)c2)c(C)c2c(/C=C(\C)C(=O)O)cc(OC)c(O)c21. The Morgan fingerprint density at radius 2 is 1.71 bits per heavy atom. The van der Waals surface area contributed by atoms with Crippen molar-refractivity contribution in [3.63, 3.8) is 0 Å². The van der Waals surface area contributed by atoms with Crippen molar-refractivity contribution in [2.45, 2.75) is 27.3 Å². The highest BCUT2D eigenvalue weighted by Crippen LogP contribution is 2.45. The van der Waals surface area contributed by atoms with E-state index in [-0.39, 0.29) is 17.1 Å². The summed E-state index contributed by atoms with van der Waals surface area (Å²) in [5.74, 6) is 0.499. The number of rotatable bonds is 7. The molecule has 0 aliphatic rings. The van der Waals surface area contributed by atoms with E-state index >= 15 is 0 Å². The lowest BCUT2D eigenvalue weighted by molar-refractivity contribution is -0.132. The number of aromatic nitrogens is 1. The van der Waals surface area contributed by atoms with Crippen molar-refractivity contribution in [3.8, 4) is 34.3 Å². The molecule has 0 spiro atoms. The molecule has 1 aromatic heterocycles. The van der Waals surface area contributed by atoms with Crippen LogP contribution in [-0.2, 0) is 11.3 Å². The number of fused-ring (bicyclic) bond motifs is 1. The fraction of sp³-hybridized carbons (Fsp3) is 0.292. The van der Waals surface area contributed by atoms with Gasteiger partial charge < -0.3 is 29.0 Å². The molecule has 164 valence electrons. The van der Waals surface area contributed by atoms with E-state index < -0.39 is 5.97 Å². The van der Waals surface area contributed by atoms with Crippen LogP contribution in [0.15, 0.2) is 29.8 Å². The molecule has 0 radical (unpaired) electrons. The van der Waals surface area contributed by atoms with Gasteiger partial charge in [0.15, 0.2) is 23.0 Å². The topological polar surface area (TPSA) is 90.2 Å². The van der Waals surface area contributed by atoms with Crippen molar-refractivity contribution >= 4 is 22.9 Å². The van der Waals surface area contributed by atoms with Crippen LogP contribution in [0.4, 0.5) is 0 Å². The van der Waals surface area contributed by atoms with Gasteiger partial charge in [0, 0.05) is 23.1 Å². The zero-order valence-electron chi connectivity index (χ0n) is 18.6. The first kappa shape index (κ1) is 22.1. The Kier molecular flexibility index (Phi) is 6.15. The van der Waals surface area contributed by atoms with E-state index in [0.717, 1.165) is 22.2 Å². The van der Waals surface area contributed by atoms with Crippen LogP contribution < -0.4 is 14.2 Å². The Balaban J connectivity index is 2.45. The minimum Gasteiger partial charge on any atom is -0.503 e. The molecular weight excluding hydrogens is 398 g/mol. The zero-order valence-corrected chi connectivity index (χ0v) is 18.6. The van der Waals surface area contributed by atoms with E-state index in [2.05, 4.69) is 0 Å². The summed E-state index contributed by atoms with van der Waals surface area (Å²) in [6, 6.07) is 7.32. The third-order valence-electron chi connectivity index (χ3n) is 5.44. The number of aromatic hydroxyl groups is 1. The summed E-state index contributed by atoms with van der Waals surface area (Å²) < 4.78 is 18.2. The maximum atomic E-state index is 11.4. The third-order valence-corrected chi connectivity index (χ3v) is 5.44. The number of benzene rings is 2. The van der Waals surface area contributed by atoms with E-state index in [1.165, 1.54) is 14.0 Å². The fourth-order valence-electron chi connectivity index (χ4n) is 3.98. The number of ether oxygens (including phenoxy) is 3. The van der Waals surface area contributed by atoms with Crippen molar-refractivity contribution in [2.75, 3.05) is 21.3 Å². The highest BCUT2D eigenvalue weighted by Gasteiger charge is 2.23. The van der Waals surface area contributed by atoms with Crippen molar-refractivity contribution in [1.29, 1.82) is 0 Å². The number of hydrogen-bond donors (Lipinski definition) is 2. The minimum absolute atomic E-state index is 0.0132. The maximum absolute atomic E-state index is 11.4. The van der Waals surface area contributed by atoms with Gasteiger partial charge in [-0.3, -0.25) is 0 Å². The number of phenolic OH excluding ortho intramolecular Hbond substituents is 1. The van der Waals surface area contributed by atoms with Gasteiger partial charge >= 0.3 is 5.97 Å². The van der Waals surface area contributed by atoms with Crippen LogP contribution in [0.2, 0.25) is 0 Å². The average molecular weight is 425 g/mol. The van der Waals surface area contributed by atoms with Crippen molar-refractivity contribution in [3.05, 3.63) is 41.0 Å². The summed E-state index contributed by atoms with van der Waals surface area (Å²) >= 11 is 0. The van der Waals surface area contributed by atoms with Crippen molar-refractivity contribution in [2.24, 2.45) is 0 Å². The minimum atomic E-state index is -1.01. The van der Waals surface area contributed by atoms with E-state index in [1.54, 1.807) is 26.4 Å². The van der Waals surface area contributed by atoms with E-state index in [4.69, 9.17) is 14.2 Å². The molecule has 31 heavy (non-hydrogen) atoms. The molecule has 0 saturated heterocycles. The Hall–Kier alpha value is -3.61. The van der Waals surface area contributed by atoms with E-state index in [0.29, 0.717) is 29.1 Å². The van der Waals surface area contributed by atoms with Crippen LogP contribution in [0, 0.1) is 6.92 Å². The van der Waals surface area contributed by atoms with Crippen LogP contribution in [0.3, 0.4) is 0 Å². The monoisotopic (exact) mass is 425 g/mol. The van der Waals surface area contributed by atoms with Gasteiger partial charge in [0.05, 0.1) is 32.5 Å². The van der Waals surface area contributed by atoms with Gasteiger partial charge in [0.25, 0.3) is 0 Å². The molecule has 0 fully saturated rings. The fourth-order valence-corrected chi connectivity index (χ4v) is 3.98. The first-order valence-electron chi connectivity index (χ1n) is 9.85. The second kappa shape index (κ2) is 8.63. The number of phenols is 1. The molecule has 0 amide bonds. The largest absolute Gasteiger partial charge is 0.503 e. The summed E-state index contributed by atoms with van der Waals surface area (Å²) in [4.78, 5) is 11.4. The quantitative estimate of drug-likeness (QED) is 0.526. The standard InChI is InChI=1S/C24H27NO6/c1-7-25-21(15-8-9-17(29-4)18(11-15)30-5)14(3)20-16(10-13(2)24(27)28)12-19(31-6)23(26)22(20)25/h8-12,26H,7H2,1-6H3,(H,27,28)/b13-10+. The molecule has 0 aliphatic heterocycles. The molecule has 0 saturated carbocycles. The summed E-state index contributed by atoms with van der Waals surface area (Å²) in [5, 5.41) is 21.1. The number of hydrogen-bond acceptors (Lipinski definition) is 5. The molecule has 3 rings (SSSR count).